The van der Waals surface area contributed by atoms with Crippen LogP contribution in [0.25, 0.3) is 0 Å². The molecule has 0 aliphatic heterocycles. The van der Waals surface area contributed by atoms with Gasteiger partial charge in [-0.1, -0.05) is 74.4 Å². The Morgan fingerprint density at radius 2 is 1.32 bits per heavy atom. The summed E-state index contributed by atoms with van der Waals surface area (Å²) in [6.07, 6.45) is 29.3. The highest BCUT2D eigenvalue weighted by atomic mass is 16.4. The van der Waals surface area contributed by atoms with Gasteiger partial charge in [-0.15, -0.1) is 0 Å². The van der Waals surface area contributed by atoms with Gasteiger partial charge >= 0.3 is 5.97 Å². The van der Waals surface area contributed by atoms with E-state index in [1.165, 1.54) is 0 Å². The minimum atomic E-state index is -0.935. The molecule has 2 aliphatic carbocycles. The van der Waals surface area contributed by atoms with E-state index in [4.69, 9.17) is 5.11 Å². The Balaban J connectivity index is 1.60. The molecule has 7 heteroatoms. The van der Waals surface area contributed by atoms with Gasteiger partial charge in [-0.2, -0.15) is 0 Å². The molecule has 2 unspecified atom stereocenters. The number of amides is 2. The van der Waals surface area contributed by atoms with Crippen molar-refractivity contribution >= 4 is 17.8 Å². The highest BCUT2D eigenvalue weighted by Gasteiger charge is 2.14. The van der Waals surface area contributed by atoms with Gasteiger partial charge in [0.25, 0.3) is 11.8 Å². The van der Waals surface area contributed by atoms with Crippen LogP contribution in [0.4, 0.5) is 0 Å². The molecule has 0 aromatic rings. The summed E-state index contributed by atoms with van der Waals surface area (Å²) in [5.74, 6) is -1.90. The van der Waals surface area contributed by atoms with E-state index >= 15 is 0 Å². The first-order valence-corrected chi connectivity index (χ1v) is 13.4. The Labute approximate surface area is 226 Å². The Hall–Kier alpha value is -3.71. The van der Waals surface area contributed by atoms with E-state index in [2.05, 4.69) is 22.9 Å². The molecule has 38 heavy (non-hydrogen) atoms. The second-order valence-electron chi connectivity index (χ2n) is 9.51. The van der Waals surface area contributed by atoms with Crippen LogP contribution >= 0.6 is 0 Å². The average Bonchev–Trinajstić information content (AvgIpc) is 2.85. The van der Waals surface area contributed by atoms with E-state index in [0.29, 0.717) is 17.7 Å². The predicted octanol–water partition coefficient (Wildman–Crippen LogP) is 4.46. The van der Waals surface area contributed by atoms with E-state index in [1.807, 2.05) is 66.8 Å². The lowest BCUT2D eigenvalue weighted by Crippen LogP contribution is -2.32. The first-order valence-electron chi connectivity index (χ1n) is 13.4. The molecule has 2 atom stereocenters. The SMILES string of the molecule is CC(CC1=C/C=C\C=C(C(=O)NCC(C)C(=O)O)/C=C\1)NCCCCCCNC(=O)C1=C/C=C\C=C/C=C\1. The molecule has 2 aliphatic rings. The minimum absolute atomic E-state index is 0.0415. The van der Waals surface area contributed by atoms with Gasteiger partial charge in [0.2, 0.25) is 0 Å². The van der Waals surface area contributed by atoms with E-state index in [1.54, 1.807) is 19.1 Å². The van der Waals surface area contributed by atoms with Crippen LogP contribution in [-0.2, 0) is 14.4 Å². The summed E-state index contributed by atoms with van der Waals surface area (Å²) in [4.78, 5) is 35.6. The van der Waals surface area contributed by atoms with E-state index in [0.717, 1.165) is 44.2 Å². The fourth-order valence-electron chi connectivity index (χ4n) is 3.77. The first kappa shape index (κ1) is 30.5. The molecule has 2 amide bonds. The molecule has 0 saturated heterocycles. The van der Waals surface area contributed by atoms with E-state index in [9.17, 15) is 14.4 Å². The van der Waals surface area contributed by atoms with Crippen LogP contribution in [0.1, 0.15) is 46.0 Å². The van der Waals surface area contributed by atoms with Gasteiger partial charge in [-0.25, -0.2) is 0 Å². The Morgan fingerprint density at radius 1 is 0.711 bits per heavy atom. The Morgan fingerprint density at radius 3 is 2.08 bits per heavy atom. The van der Waals surface area contributed by atoms with Crippen LogP contribution in [0.15, 0.2) is 95.7 Å². The topological polar surface area (TPSA) is 108 Å². The molecule has 0 heterocycles. The third-order valence-electron chi connectivity index (χ3n) is 6.11. The minimum Gasteiger partial charge on any atom is -0.481 e. The Kier molecular flexibility index (Phi) is 14.2. The van der Waals surface area contributed by atoms with Gasteiger partial charge in [0.15, 0.2) is 0 Å². The number of carboxylic acid groups (broad SMARTS) is 1. The van der Waals surface area contributed by atoms with Crippen molar-refractivity contribution in [2.75, 3.05) is 19.6 Å². The number of carboxylic acids is 1. The van der Waals surface area contributed by atoms with Gasteiger partial charge in [0.05, 0.1) is 5.92 Å². The maximum absolute atomic E-state index is 12.4. The maximum atomic E-state index is 12.4. The molecular formula is C31H41N3O4. The molecular weight excluding hydrogens is 478 g/mol. The Bertz CT molecular complexity index is 1060. The van der Waals surface area contributed by atoms with Crippen molar-refractivity contribution in [1.82, 2.24) is 16.0 Å². The summed E-state index contributed by atoms with van der Waals surface area (Å²) < 4.78 is 0. The first-order chi connectivity index (χ1) is 18.4. The van der Waals surface area contributed by atoms with Crippen molar-refractivity contribution in [3.8, 4) is 0 Å². The summed E-state index contributed by atoms with van der Waals surface area (Å²) >= 11 is 0. The van der Waals surface area contributed by atoms with Crippen molar-refractivity contribution in [2.24, 2.45) is 5.92 Å². The zero-order valence-electron chi connectivity index (χ0n) is 22.5. The maximum Gasteiger partial charge on any atom is 0.308 e. The van der Waals surface area contributed by atoms with Crippen molar-refractivity contribution in [1.29, 1.82) is 0 Å². The quantitative estimate of drug-likeness (QED) is 0.239. The lowest BCUT2D eigenvalue weighted by atomic mass is 10.0. The van der Waals surface area contributed by atoms with Crippen molar-refractivity contribution in [2.45, 2.75) is 52.0 Å². The van der Waals surface area contributed by atoms with Gasteiger partial charge in [0, 0.05) is 30.3 Å². The van der Waals surface area contributed by atoms with E-state index < -0.39 is 11.9 Å². The molecule has 0 aromatic carbocycles. The number of allylic oxidation sites excluding steroid dienone is 11. The van der Waals surface area contributed by atoms with Gasteiger partial charge < -0.3 is 21.1 Å². The second kappa shape index (κ2) is 17.7. The fraction of sp³-hybridized carbons (Fsp3) is 0.387. The van der Waals surface area contributed by atoms with Crippen molar-refractivity contribution in [3.63, 3.8) is 0 Å². The van der Waals surface area contributed by atoms with Crippen LogP contribution < -0.4 is 16.0 Å². The molecule has 204 valence electrons. The molecule has 0 spiro atoms. The smallest absolute Gasteiger partial charge is 0.308 e. The van der Waals surface area contributed by atoms with Crippen LogP contribution in [0.3, 0.4) is 0 Å². The van der Waals surface area contributed by atoms with Gasteiger partial charge in [-0.3, -0.25) is 14.4 Å². The standard InChI is InChI=1S/C31H41N3O4/c1-24(31(37)38)23-34-30(36)28-17-11-10-14-26(18-19-28)22-25(2)32-20-12-6-7-13-21-33-29(35)27-15-8-4-3-5-9-16-27/h3-5,8-11,14-19,24-25,32H,6-7,12-13,20-23H2,1-2H3,(H,33,35)(H,34,36)(H,37,38)/b4-3-,5-3?,8-4?,9-5-,11-10-,14-10?,15-8-,16-9?,17-11?,19-18-,26-14+,26-18?,27-15?,27-16+,28-17+,28-19?. The van der Waals surface area contributed by atoms with Gasteiger partial charge in [0.1, 0.15) is 0 Å². The average molecular weight is 520 g/mol. The molecule has 0 fully saturated rings. The molecule has 0 aromatic heterocycles. The molecule has 4 N–H and O–H groups in total. The predicted molar refractivity (Wildman–Crippen MR) is 153 cm³/mol. The summed E-state index contributed by atoms with van der Waals surface area (Å²) in [5, 5.41) is 18.2. The van der Waals surface area contributed by atoms with Gasteiger partial charge in [-0.05, 0) is 62.6 Å². The number of unbranched alkanes of at least 4 members (excludes halogenated alkanes) is 3. The van der Waals surface area contributed by atoms with Crippen LogP contribution in [-0.4, -0.2) is 48.6 Å². The molecule has 0 saturated carbocycles. The number of carbonyl (C=O) groups is 3. The van der Waals surface area contributed by atoms with Crippen LogP contribution in [0, 0.1) is 5.92 Å². The third-order valence-corrected chi connectivity index (χ3v) is 6.11. The normalized spacial score (nSPS) is 24.5. The summed E-state index contributed by atoms with van der Waals surface area (Å²) in [6.45, 7) is 5.40. The largest absolute Gasteiger partial charge is 0.481 e. The highest BCUT2D eigenvalue weighted by molar-refractivity contribution is 5.97. The summed E-state index contributed by atoms with van der Waals surface area (Å²) in [5.41, 5.74) is 2.26. The summed E-state index contributed by atoms with van der Waals surface area (Å²) in [7, 11) is 0. The molecule has 0 bridgehead atoms. The lowest BCUT2D eigenvalue weighted by Gasteiger charge is -2.15. The van der Waals surface area contributed by atoms with E-state index in [-0.39, 0.29) is 24.4 Å². The highest BCUT2D eigenvalue weighted by Crippen LogP contribution is 2.13. The van der Waals surface area contributed by atoms with Crippen LogP contribution in [0.5, 0.6) is 0 Å². The monoisotopic (exact) mass is 519 g/mol. The zero-order valence-corrected chi connectivity index (χ0v) is 22.5. The number of hydrogen-bond donors (Lipinski definition) is 4. The van der Waals surface area contributed by atoms with Crippen molar-refractivity contribution in [3.05, 3.63) is 95.7 Å². The number of hydrogen-bond acceptors (Lipinski definition) is 4. The summed E-state index contributed by atoms with van der Waals surface area (Å²) in [6, 6.07) is 0.282. The fourth-order valence-corrected chi connectivity index (χ4v) is 3.77. The van der Waals surface area contributed by atoms with Crippen LogP contribution in [0.2, 0.25) is 0 Å². The zero-order chi connectivity index (χ0) is 27.6. The number of rotatable bonds is 15. The number of carbonyl (C=O) groups excluding carboxylic acids is 2. The third kappa shape index (κ3) is 12.5. The van der Waals surface area contributed by atoms with Crippen molar-refractivity contribution < 1.29 is 19.5 Å². The second-order valence-corrected chi connectivity index (χ2v) is 9.51. The number of nitrogens with one attached hydrogen (secondary N) is 3. The number of aliphatic carboxylic acids is 1. The molecule has 0 radical (unpaired) electrons. The lowest BCUT2D eigenvalue weighted by molar-refractivity contribution is -0.141. The molecule has 2 rings (SSSR count). The molecule has 7 nitrogen and oxygen atoms in total.